The van der Waals surface area contributed by atoms with Crippen molar-refractivity contribution in [1.29, 1.82) is 0 Å². The summed E-state index contributed by atoms with van der Waals surface area (Å²) in [5, 5.41) is 11.9. The fourth-order valence-corrected chi connectivity index (χ4v) is 1.67. The molecule has 1 aromatic carbocycles. The number of oxazole rings is 1. The van der Waals surface area contributed by atoms with Crippen molar-refractivity contribution in [1.82, 2.24) is 10.3 Å². The number of nitrogens with one attached hydrogen (secondary N) is 1. The Morgan fingerprint density at radius 1 is 1.57 bits per heavy atom. The second kappa shape index (κ2) is 6.47. The van der Waals surface area contributed by atoms with Crippen LogP contribution in [0.3, 0.4) is 0 Å². The topological polar surface area (TPSA) is 101 Å². The first-order chi connectivity index (χ1) is 9.97. The molecule has 0 bridgehead atoms. The number of nitrogens with zero attached hydrogens (tertiary/aromatic N) is 1. The maximum absolute atomic E-state index is 13.0. The van der Waals surface area contributed by atoms with Gasteiger partial charge in [-0.2, -0.15) is 0 Å². The fraction of sp³-hybridized carbons (Fsp3) is 0.286. The average Bonchev–Trinajstić information content (AvgIpc) is 2.93. The first kappa shape index (κ1) is 15.1. The van der Waals surface area contributed by atoms with Gasteiger partial charge in [-0.3, -0.25) is 4.79 Å². The Labute approximate surface area is 120 Å². The van der Waals surface area contributed by atoms with Crippen molar-refractivity contribution < 1.29 is 18.7 Å². The average molecular weight is 293 g/mol. The molecule has 0 aliphatic rings. The van der Waals surface area contributed by atoms with Crippen molar-refractivity contribution in [3.63, 3.8) is 0 Å². The van der Waals surface area contributed by atoms with Crippen LogP contribution in [0.1, 0.15) is 34.9 Å². The Balaban J connectivity index is 1.98. The van der Waals surface area contributed by atoms with E-state index in [0.29, 0.717) is 5.56 Å². The van der Waals surface area contributed by atoms with Crippen LogP contribution >= 0.6 is 0 Å². The third-order valence-corrected chi connectivity index (χ3v) is 2.90. The highest BCUT2D eigenvalue weighted by molar-refractivity contribution is 5.91. The lowest BCUT2D eigenvalue weighted by molar-refractivity contribution is 0.0945. The Hall–Kier alpha value is -2.25. The number of carbonyl (C=O) groups is 1. The number of aliphatic hydroxyl groups excluding tert-OH is 1. The van der Waals surface area contributed by atoms with Gasteiger partial charge in [0.1, 0.15) is 18.1 Å². The van der Waals surface area contributed by atoms with Gasteiger partial charge in [-0.25, -0.2) is 9.37 Å². The van der Waals surface area contributed by atoms with Gasteiger partial charge in [-0.1, -0.05) is 12.1 Å². The van der Waals surface area contributed by atoms with Crippen molar-refractivity contribution in [3.05, 3.63) is 53.5 Å². The lowest BCUT2D eigenvalue weighted by atomic mass is 10.2. The molecule has 0 fully saturated rings. The van der Waals surface area contributed by atoms with E-state index in [1.54, 1.807) is 12.1 Å². The number of nitrogens with two attached hydrogens (primary N) is 1. The van der Waals surface area contributed by atoms with E-state index in [-0.39, 0.29) is 23.9 Å². The summed E-state index contributed by atoms with van der Waals surface area (Å²) in [5.74, 6) is -0.749. The molecule has 2 atom stereocenters. The third kappa shape index (κ3) is 3.87. The number of aliphatic hydroxyl groups is 1. The summed E-state index contributed by atoms with van der Waals surface area (Å²) < 4.78 is 18.1. The van der Waals surface area contributed by atoms with E-state index >= 15 is 0 Å². The van der Waals surface area contributed by atoms with Gasteiger partial charge in [0.2, 0.25) is 5.89 Å². The van der Waals surface area contributed by atoms with Crippen molar-refractivity contribution in [2.24, 2.45) is 5.73 Å². The number of benzene rings is 1. The highest BCUT2D eigenvalue weighted by Gasteiger charge is 2.20. The fourth-order valence-electron chi connectivity index (χ4n) is 1.67. The van der Waals surface area contributed by atoms with E-state index in [0.717, 1.165) is 0 Å². The molecule has 2 aromatic rings. The highest BCUT2D eigenvalue weighted by Crippen LogP contribution is 2.13. The molecule has 2 rings (SSSR count). The molecule has 4 N–H and O–H groups in total. The quantitative estimate of drug-likeness (QED) is 0.767. The van der Waals surface area contributed by atoms with E-state index in [2.05, 4.69) is 10.3 Å². The Bertz CT molecular complexity index is 627. The van der Waals surface area contributed by atoms with Crippen LogP contribution in [-0.2, 0) is 6.54 Å². The highest BCUT2D eigenvalue weighted by atomic mass is 19.1. The largest absolute Gasteiger partial charge is 0.446 e. The predicted octanol–water partition coefficient (Wildman–Crippen LogP) is 1.12. The summed E-state index contributed by atoms with van der Waals surface area (Å²) >= 11 is 0. The maximum Gasteiger partial charge on any atom is 0.273 e. The summed E-state index contributed by atoms with van der Waals surface area (Å²) in [4.78, 5) is 15.8. The molecule has 0 saturated carbocycles. The van der Waals surface area contributed by atoms with Crippen LogP contribution in [-0.4, -0.2) is 22.1 Å². The van der Waals surface area contributed by atoms with Crippen LogP contribution in [0.15, 0.2) is 34.9 Å². The maximum atomic E-state index is 13.0. The summed E-state index contributed by atoms with van der Waals surface area (Å²) in [5.41, 5.74) is 6.34. The number of amides is 1. The van der Waals surface area contributed by atoms with Crippen LogP contribution in [0.4, 0.5) is 4.39 Å². The van der Waals surface area contributed by atoms with Crippen molar-refractivity contribution >= 4 is 5.91 Å². The van der Waals surface area contributed by atoms with Gasteiger partial charge in [0, 0.05) is 6.54 Å². The molecule has 0 aliphatic carbocycles. The van der Waals surface area contributed by atoms with Crippen LogP contribution in [0.5, 0.6) is 0 Å². The van der Waals surface area contributed by atoms with Gasteiger partial charge in [0.15, 0.2) is 5.69 Å². The minimum Gasteiger partial charge on any atom is -0.446 e. The van der Waals surface area contributed by atoms with Gasteiger partial charge in [-0.05, 0) is 24.6 Å². The molecular formula is C14H16FN3O3. The Morgan fingerprint density at radius 2 is 2.33 bits per heavy atom. The first-order valence-corrected chi connectivity index (χ1v) is 6.39. The second-order valence-electron chi connectivity index (χ2n) is 4.65. The normalized spacial score (nSPS) is 13.7. The molecule has 6 nitrogen and oxygen atoms in total. The zero-order valence-electron chi connectivity index (χ0n) is 11.4. The minimum absolute atomic E-state index is 0.0532. The van der Waals surface area contributed by atoms with Crippen molar-refractivity contribution in [2.75, 3.05) is 0 Å². The number of aromatic nitrogens is 1. The predicted molar refractivity (Wildman–Crippen MR) is 72.7 cm³/mol. The minimum atomic E-state index is -0.841. The number of carbonyl (C=O) groups excluding carboxylic acids is 1. The van der Waals surface area contributed by atoms with E-state index in [1.165, 1.54) is 25.3 Å². The molecule has 21 heavy (non-hydrogen) atoms. The third-order valence-electron chi connectivity index (χ3n) is 2.90. The lowest BCUT2D eigenvalue weighted by Crippen LogP contribution is -2.25. The summed E-state index contributed by atoms with van der Waals surface area (Å²) in [6.07, 6.45) is 0.324. The van der Waals surface area contributed by atoms with Crippen LogP contribution in [0.25, 0.3) is 0 Å². The van der Waals surface area contributed by atoms with Gasteiger partial charge < -0.3 is 20.6 Å². The number of hydrogen-bond donors (Lipinski definition) is 3. The monoisotopic (exact) mass is 293 g/mol. The van der Waals surface area contributed by atoms with Crippen molar-refractivity contribution in [3.8, 4) is 0 Å². The van der Waals surface area contributed by atoms with E-state index < -0.39 is 18.1 Å². The van der Waals surface area contributed by atoms with Crippen LogP contribution in [0.2, 0.25) is 0 Å². The zero-order chi connectivity index (χ0) is 15.4. The lowest BCUT2D eigenvalue weighted by Gasteiger charge is -2.09. The van der Waals surface area contributed by atoms with E-state index in [1.807, 2.05) is 0 Å². The zero-order valence-corrected chi connectivity index (χ0v) is 11.4. The molecule has 7 heteroatoms. The molecule has 0 spiro atoms. The van der Waals surface area contributed by atoms with Crippen molar-refractivity contribution in [2.45, 2.75) is 25.6 Å². The molecule has 0 radical (unpaired) electrons. The number of halogens is 1. The summed E-state index contributed by atoms with van der Waals surface area (Å²) in [6, 6.07) is 5.12. The molecule has 0 saturated heterocycles. The van der Waals surface area contributed by atoms with Gasteiger partial charge >= 0.3 is 0 Å². The van der Waals surface area contributed by atoms with Gasteiger partial charge in [0.05, 0.1) is 6.10 Å². The molecule has 0 aliphatic heterocycles. The van der Waals surface area contributed by atoms with Crippen LogP contribution < -0.4 is 11.1 Å². The number of hydrogen-bond acceptors (Lipinski definition) is 5. The standard InChI is InChI=1S/C14H16FN3O3/c1-8(19)12(16)14-18-11(7-21-14)13(20)17-6-9-3-2-4-10(15)5-9/h2-5,7-8,12,19H,6,16H2,1H3,(H,17,20). The summed E-state index contributed by atoms with van der Waals surface area (Å²) in [7, 11) is 0. The molecule has 112 valence electrons. The smallest absolute Gasteiger partial charge is 0.273 e. The van der Waals surface area contributed by atoms with E-state index in [4.69, 9.17) is 10.2 Å². The summed E-state index contributed by atoms with van der Waals surface area (Å²) in [6.45, 7) is 1.67. The Morgan fingerprint density at radius 3 is 3.00 bits per heavy atom. The first-order valence-electron chi connectivity index (χ1n) is 6.39. The second-order valence-corrected chi connectivity index (χ2v) is 4.65. The SMILES string of the molecule is CC(O)C(N)c1nc(C(=O)NCc2cccc(F)c2)co1. The molecule has 1 amide bonds. The van der Waals surface area contributed by atoms with Gasteiger partial charge in [-0.15, -0.1) is 0 Å². The molecule has 2 unspecified atom stereocenters. The number of rotatable bonds is 5. The molecular weight excluding hydrogens is 277 g/mol. The molecule has 1 aromatic heterocycles. The molecule has 1 heterocycles. The van der Waals surface area contributed by atoms with Gasteiger partial charge in [0.25, 0.3) is 5.91 Å². The van der Waals surface area contributed by atoms with Crippen LogP contribution in [0, 0.1) is 5.82 Å². The Kier molecular flexibility index (Phi) is 4.66. The van der Waals surface area contributed by atoms with E-state index in [9.17, 15) is 14.3 Å².